The lowest BCUT2D eigenvalue weighted by atomic mass is 10.0. The lowest BCUT2D eigenvalue weighted by Gasteiger charge is -2.34. The number of benzene rings is 2. The molecule has 3 aromatic heterocycles. The van der Waals surface area contributed by atoms with Crippen LogP contribution in [-0.2, 0) is 11.3 Å². The minimum Gasteiger partial charge on any atom is -0.444 e. The number of nitriles is 1. The van der Waals surface area contributed by atoms with E-state index in [-0.39, 0.29) is 29.4 Å². The molecule has 1 amide bonds. The summed E-state index contributed by atoms with van der Waals surface area (Å²) in [6.07, 6.45) is 4.23. The smallest absolute Gasteiger partial charge is 0.407 e. The Morgan fingerprint density at radius 3 is 2.66 bits per heavy atom. The largest absolute Gasteiger partial charge is 0.444 e. The van der Waals surface area contributed by atoms with Crippen LogP contribution < -0.4 is 10.2 Å². The highest BCUT2D eigenvalue weighted by Crippen LogP contribution is 2.38. The molecule has 1 aliphatic heterocycles. The predicted molar refractivity (Wildman–Crippen MR) is 170 cm³/mol. The molecule has 5 aromatic rings. The highest BCUT2D eigenvalue weighted by molar-refractivity contribution is 5.89. The van der Waals surface area contributed by atoms with Gasteiger partial charge in [0.1, 0.15) is 28.8 Å². The number of nitrogens with one attached hydrogen (secondary N) is 1. The maximum absolute atomic E-state index is 16.2. The van der Waals surface area contributed by atoms with Crippen molar-refractivity contribution in [3.8, 4) is 28.6 Å². The number of aliphatic hydroxyl groups is 1. The molecule has 0 bridgehead atoms. The van der Waals surface area contributed by atoms with Crippen molar-refractivity contribution in [1.82, 2.24) is 34.7 Å². The minimum atomic E-state index is -1.11. The van der Waals surface area contributed by atoms with Crippen LogP contribution in [0.15, 0.2) is 42.7 Å². The Kier molecular flexibility index (Phi) is 8.05. The van der Waals surface area contributed by atoms with Crippen molar-refractivity contribution in [3.05, 3.63) is 59.9 Å². The molecule has 14 heteroatoms. The van der Waals surface area contributed by atoms with Gasteiger partial charge in [-0.25, -0.2) is 28.2 Å². The van der Waals surface area contributed by atoms with Gasteiger partial charge in [0.05, 0.1) is 34.6 Å². The van der Waals surface area contributed by atoms with Gasteiger partial charge in [-0.2, -0.15) is 5.26 Å². The number of nitrogens with zero attached hydrogens (tertiary/aromatic N) is 8. The molecule has 1 aliphatic rings. The highest BCUT2D eigenvalue weighted by atomic mass is 19.1. The number of rotatable bonds is 6. The SMILES string of the molecule is CC(C)(O)Cn1nnc2cc(-c3c(-c4ccc(C#N)c(F)c4)nc4c(N5CCC[C@H](NC(=O)OC(C)(C)C)C5)nccn34)c(F)cc21. The van der Waals surface area contributed by atoms with Gasteiger partial charge < -0.3 is 20.1 Å². The zero-order valence-electron chi connectivity index (χ0n) is 26.8. The van der Waals surface area contributed by atoms with E-state index in [1.807, 2.05) is 11.0 Å². The third kappa shape index (κ3) is 6.57. The molecule has 1 fully saturated rings. The van der Waals surface area contributed by atoms with Crippen LogP contribution in [0.2, 0.25) is 0 Å². The number of carbonyl (C=O) groups is 1. The van der Waals surface area contributed by atoms with Crippen LogP contribution in [0, 0.1) is 23.0 Å². The van der Waals surface area contributed by atoms with Gasteiger partial charge in [0.25, 0.3) is 0 Å². The van der Waals surface area contributed by atoms with Gasteiger partial charge in [-0.3, -0.25) is 4.40 Å². The first-order valence-corrected chi connectivity index (χ1v) is 15.3. The molecule has 6 rings (SSSR count). The summed E-state index contributed by atoms with van der Waals surface area (Å²) in [6.45, 7) is 9.81. The number of anilines is 1. The maximum atomic E-state index is 16.2. The summed E-state index contributed by atoms with van der Waals surface area (Å²) < 4.78 is 39.7. The van der Waals surface area contributed by atoms with Crippen LogP contribution in [0.3, 0.4) is 0 Å². The lowest BCUT2D eigenvalue weighted by molar-refractivity contribution is 0.0499. The fraction of sp³-hybridized carbons (Fsp3) is 0.394. The second-order valence-electron chi connectivity index (χ2n) is 13.4. The number of ether oxygens (including phenoxy) is 1. The number of hydrogen-bond acceptors (Lipinski definition) is 9. The Hall–Kier alpha value is -5.16. The number of halogens is 2. The number of aromatic nitrogens is 6. The molecule has 0 spiro atoms. The molecule has 4 heterocycles. The molecular formula is C33H35F2N9O3. The van der Waals surface area contributed by atoms with E-state index in [1.165, 1.54) is 22.9 Å². The van der Waals surface area contributed by atoms with Crippen LogP contribution >= 0.6 is 0 Å². The predicted octanol–water partition coefficient (Wildman–Crippen LogP) is 5.22. The molecule has 0 aliphatic carbocycles. The number of imidazole rings is 1. The Morgan fingerprint density at radius 1 is 1.17 bits per heavy atom. The molecule has 2 aromatic carbocycles. The van der Waals surface area contributed by atoms with E-state index >= 15 is 4.39 Å². The summed E-state index contributed by atoms with van der Waals surface area (Å²) in [7, 11) is 0. The average molecular weight is 644 g/mol. The quantitative estimate of drug-likeness (QED) is 0.254. The van der Waals surface area contributed by atoms with E-state index in [0.29, 0.717) is 46.8 Å². The number of amides is 1. The lowest BCUT2D eigenvalue weighted by Crippen LogP contribution is -2.49. The second kappa shape index (κ2) is 11.9. The first-order valence-electron chi connectivity index (χ1n) is 15.3. The molecular weight excluding hydrogens is 608 g/mol. The van der Waals surface area contributed by atoms with Crippen molar-refractivity contribution in [2.45, 2.75) is 71.2 Å². The van der Waals surface area contributed by atoms with Gasteiger partial charge in [-0.05, 0) is 65.7 Å². The Morgan fingerprint density at radius 2 is 1.96 bits per heavy atom. The topological polar surface area (TPSA) is 146 Å². The minimum absolute atomic E-state index is 0.0995. The molecule has 244 valence electrons. The number of carbonyl (C=O) groups excluding carboxylic acids is 1. The van der Waals surface area contributed by atoms with Gasteiger partial charge in [-0.1, -0.05) is 11.3 Å². The van der Waals surface area contributed by atoms with Gasteiger partial charge in [0.15, 0.2) is 11.5 Å². The van der Waals surface area contributed by atoms with Gasteiger partial charge >= 0.3 is 6.09 Å². The zero-order valence-corrected chi connectivity index (χ0v) is 26.8. The van der Waals surface area contributed by atoms with E-state index < -0.39 is 28.9 Å². The molecule has 1 atom stereocenters. The third-order valence-electron chi connectivity index (χ3n) is 7.72. The monoisotopic (exact) mass is 643 g/mol. The fourth-order valence-corrected chi connectivity index (χ4v) is 5.81. The first kappa shape index (κ1) is 31.8. The second-order valence-corrected chi connectivity index (χ2v) is 13.4. The van der Waals surface area contributed by atoms with Crippen molar-refractivity contribution in [1.29, 1.82) is 5.26 Å². The number of alkyl carbamates (subject to hydrolysis) is 1. The molecule has 47 heavy (non-hydrogen) atoms. The third-order valence-corrected chi connectivity index (χ3v) is 7.72. The summed E-state index contributed by atoms with van der Waals surface area (Å²) in [6, 6.07) is 8.59. The highest BCUT2D eigenvalue weighted by Gasteiger charge is 2.29. The molecule has 0 radical (unpaired) electrons. The van der Waals surface area contributed by atoms with Gasteiger partial charge in [0.2, 0.25) is 0 Å². The molecule has 0 unspecified atom stereocenters. The van der Waals surface area contributed by atoms with E-state index in [2.05, 4.69) is 20.6 Å². The standard InChI is InChI=1S/C33H35F2N9O3/c1-32(2,3)47-31(45)38-21-7-6-11-42(17-21)29-30-39-27(19-8-9-20(16-36)23(34)13-19)28(43(30)12-10-37-29)22-14-25-26(15-24(22)35)44(41-40-25)18-33(4,5)46/h8-10,12-15,21,46H,6-7,11,17-18H2,1-5H3,(H,38,45)/t21-/m0/s1. The Bertz CT molecular complexity index is 2040. The zero-order chi connectivity index (χ0) is 33.7. The van der Waals surface area contributed by atoms with Crippen molar-refractivity contribution >= 4 is 28.6 Å². The van der Waals surface area contributed by atoms with E-state index in [0.717, 1.165) is 12.8 Å². The number of hydrogen-bond donors (Lipinski definition) is 2. The maximum Gasteiger partial charge on any atom is 0.407 e. The number of fused-ring (bicyclic) bond motifs is 2. The normalized spacial score (nSPS) is 15.6. The summed E-state index contributed by atoms with van der Waals surface area (Å²) in [5, 5.41) is 30.9. The van der Waals surface area contributed by atoms with Crippen LogP contribution in [-0.4, -0.2) is 70.9 Å². The van der Waals surface area contributed by atoms with Crippen LogP contribution in [0.1, 0.15) is 53.0 Å². The summed E-state index contributed by atoms with van der Waals surface area (Å²) in [5.41, 5.74) is 0.366. The Labute approximate surface area is 269 Å². The van der Waals surface area contributed by atoms with E-state index in [1.54, 1.807) is 63.5 Å². The van der Waals surface area contributed by atoms with Crippen LogP contribution in [0.5, 0.6) is 0 Å². The van der Waals surface area contributed by atoms with Crippen molar-refractivity contribution in [3.63, 3.8) is 0 Å². The summed E-state index contributed by atoms with van der Waals surface area (Å²) >= 11 is 0. The molecule has 1 saturated heterocycles. The summed E-state index contributed by atoms with van der Waals surface area (Å²) in [4.78, 5) is 24.1. The van der Waals surface area contributed by atoms with Crippen molar-refractivity contribution in [2.24, 2.45) is 0 Å². The van der Waals surface area contributed by atoms with Crippen LogP contribution in [0.4, 0.5) is 19.4 Å². The van der Waals surface area contributed by atoms with Crippen molar-refractivity contribution < 1.29 is 23.4 Å². The molecule has 12 nitrogen and oxygen atoms in total. The average Bonchev–Trinajstić information content (AvgIpc) is 3.55. The van der Waals surface area contributed by atoms with Gasteiger partial charge in [-0.15, -0.1) is 5.10 Å². The molecule has 0 saturated carbocycles. The Balaban J connectivity index is 1.47. The van der Waals surface area contributed by atoms with Crippen molar-refractivity contribution in [2.75, 3.05) is 18.0 Å². The van der Waals surface area contributed by atoms with Crippen LogP contribution in [0.25, 0.3) is 39.2 Å². The fourth-order valence-electron chi connectivity index (χ4n) is 5.81. The molecule has 2 N–H and O–H groups in total. The number of piperidine rings is 1. The van der Waals surface area contributed by atoms with E-state index in [9.17, 15) is 19.6 Å². The first-order chi connectivity index (χ1) is 22.2. The van der Waals surface area contributed by atoms with E-state index in [4.69, 9.17) is 9.72 Å². The van der Waals surface area contributed by atoms with Gasteiger partial charge in [0, 0.05) is 48.7 Å². The summed E-state index contributed by atoms with van der Waals surface area (Å²) in [5.74, 6) is -0.835.